The average Bonchev–Trinajstić information content (AvgIpc) is 3.11. The third kappa shape index (κ3) is 3.86. The van der Waals surface area contributed by atoms with Crippen LogP contribution in [0.15, 0.2) is 36.5 Å². The number of carbonyl (C=O) groups excluding carboxylic acids is 1. The van der Waals surface area contributed by atoms with Crippen LogP contribution in [-0.2, 0) is 5.41 Å². The molecule has 0 radical (unpaired) electrons. The van der Waals surface area contributed by atoms with Crippen LogP contribution in [0.4, 0.5) is 5.82 Å². The Morgan fingerprint density at radius 1 is 1.24 bits per heavy atom. The molecule has 0 aliphatic heterocycles. The van der Waals surface area contributed by atoms with Crippen LogP contribution >= 0.6 is 34.5 Å². The van der Waals surface area contributed by atoms with E-state index in [0.717, 1.165) is 17.0 Å². The van der Waals surface area contributed by atoms with Crippen molar-refractivity contribution in [3.8, 4) is 5.82 Å². The maximum atomic E-state index is 12.6. The van der Waals surface area contributed by atoms with Crippen LogP contribution in [0, 0.1) is 0 Å². The number of hydrogen-bond donors (Lipinski definition) is 1. The summed E-state index contributed by atoms with van der Waals surface area (Å²) in [6.45, 7) is 6.16. The van der Waals surface area contributed by atoms with Gasteiger partial charge in [0.15, 0.2) is 5.82 Å². The third-order valence-electron chi connectivity index (χ3n) is 3.49. The summed E-state index contributed by atoms with van der Waals surface area (Å²) in [4.78, 5) is 16.9. The van der Waals surface area contributed by atoms with Crippen molar-refractivity contribution in [3.63, 3.8) is 0 Å². The number of aromatic nitrogens is 3. The summed E-state index contributed by atoms with van der Waals surface area (Å²) in [5.74, 6) is 0.792. The number of nitrogens with one attached hydrogen (secondary N) is 1. The van der Waals surface area contributed by atoms with Crippen molar-refractivity contribution in [2.45, 2.75) is 26.2 Å². The molecular weight excluding hydrogens is 379 g/mol. The highest BCUT2D eigenvalue weighted by Crippen LogP contribution is 2.32. The molecule has 0 unspecified atom stereocenters. The zero-order valence-electron chi connectivity index (χ0n) is 13.9. The van der Waals surface area contributed by atoms with Gasteiger partial charge in [-0.3, -0.25) is 4.79 Å². The van der Waals surface area contributed by atoms with Crippen molar-refractivity contribution in [2.24, 2.45) is 0 Å². The lowest BCUT2D eigenvalue weighted by molar-refractivity contribution is 0.102. The summed E-state index contributed by atoms with van der Waals surface area (Å²) in [5, 5.41) is 7.47. The molecule has 5 nitrogen and oxygen atoms in total. The van der Waals surface area contributed by atoms with E-state index in [1.807, 2.05) is 24.3 Å². The lowest BCUT2D eigenvalue weighted by Crippen LogP contribution is -2.15. The fraction of sp³-hybridized carbons (Fsp3) is 0.235. The van der Waals surface area contributed by atoms with Crippen LogP contribution in [0.25, 0.3) is 5.82 Å². The van der Waals surface area contributed by atoms with Crippen molar-refractivity contribution in [1.29, 1.82) is 0 Å². The first-order chi connectivity index (χ1) is 11.8. The summed E-state index contributed by atoms with van der Waals surface area (Å²) < 4.78 is 2.42. The van der Waals surface area contributed by atoms with Crippen molar-refractivity contribution in [3.05, 3.63) is 56.5 Å². The monoisotopic (exact) mass is 394 g/mol. The van der Waals surface area contributed by atoms with E-state index in [0.29, 0.717) is 25.9 Å². The number of amides is 1. The number of pyridine rings is 1. The van der Waals surface area contributed by atoms with Crippen LogP contribution in [0.1, 0.15) is 36.8 Å². The van der Waals surface area contributed by atoms with Gasteiger partial charge < -0.3 is 5.32 Å². The first kappa shape index (κ1) is 17.9. The van der Waals surface area contributed by atoms with Crippen LogP contribution < -0.4 is 5.32 Å². The van der Waals surface area contributed by atoms with Crippen molar-refractivity contribution in [2.75, 3.05) is 5.32 Å². The third-order valence-corrected chi connectivity index (χ3v) is 4.97. The molecule has 0 fully saturated rings. The van der Waals surface area contributed by atoms with Gasteiger partial charge in [-0.25, -0.2) is 4.98 Å². The molecule has 3 heterocycles. The molecule has 0 saturated carbocycles. The number of rotatable bonds is 3. The Balaban J connectivity index is 2.01. The quantitative estimate of drug-likeness (QED) is 0.664. The maximum absolute atomic E-state index is 12.6. The molecule has 3 aromatic rings. The van der Waals surface area contributed by atoms with E-state index in [2.05, 4.69) is 36.2 Å². The van der Waals surface area contributed by atoms with E-state index in [4.69, 9.17) is 23.2 Å². The van der Waals surface area contributed by atoms with E-state index in [1.54, 1.807) is 16.9 Å². The maximum Gasteiger partial charge on any atom is 0.259 e. The van der Waals surface area contributed by atoms with E-state index >= 15 is 0 Å². The van der Waals surface area contributed by atoms with Gasteiger partial charge in [0.05, 0.1) is 15.6 Å². The van der Waals surface area contributed by atoms with Gasteiger partial charge in [0.25, 0.3) is 5.91 Å². The molecule has 25 heavy (non-hydrogen) atoms. The number of anilines is 1. The van der Waals surface area contributed by atoms with Gasteiger partial charge in [0, 0.05) is 17.7 Å². The van der Waals surface area contributed by atoms with Crippen LogP contribution in [0.5, 0.6) is 0 Å². The summed E-state index contributed by atoms with van der Waals surface area (Å²) in [6, 6.07) is 8.90. The SMILES string of the molecule is CC(C)(C)c1cc(NC(=O)c2cc(Cl)sc2Cl)n(-c2ccccn2)n1. The molecule has 1 amide bonds. The topological polar surface area (TPSA) is 59.8 Å². The Morgan fingerprint density at radius 3 is 2.56 bits per heavy atom. The zero-order chi connectivity index (χ0) is 18.2. The average molecular weight is 395 g/mol. The molecule has 8 heteroatoms. The molecule has 0 aromatic carbocycles. The predicted octanol–water partition coefficient (Wildman–Crippen LogP) is 5.19. The fourth-order valence-electron chi connectivity index (χ4n) is 2.17. The van der Waals surface area contributed by atoms with Gasteiger partial charge in [0.1, 0.15) is 10.2 Å². The van der Waals surface area contributed by atoms with Crippen molar-refractivity contribution >= 4 is 46.3 Å². The molecule has 0 saturated heterocycles. The Labute approximate surface area is 159 Å². The highest BCUT2D eigenvalue weighted by atomic mass is 35.5. The van der Waals surface area contributed by atoms with E-state index in [1.165, 1.54) is 0 Å². The second-order valence-corrected chi connectivity index (χ2v) is 8.74. The Kier molecular flexibility index (Phi) is 4.86. The van der Waals surface area contributed by atoms with Crippen molar-refractivity contribution in [1.82, 2.24) is 14.8 Å². The first-order valence-corrected chi connectivity index (χ1v) is 9.11. The number of thiophene rings is 1. The van der Waals surface area contributed by atoms with Crippen molar-refractivity contribution < 1.29 is 4.79 Å². The van der Waals surface area contributed by atoms with Crippen LogP contribution in [-0.4, -0.2) is 20.7 Å². The first-order valence-electron chi connectivity index (χ1n) is 7.54. The minimum atomic E-state index is -0.342. The highest BCUT2D eigenvalue weighted by Gasteiger charge is 2.23. The Morgan fingerprint density at radius 2 is 2.00 bits per heavy atom. The smallest absolute Gasteiger partial charge is 0.259 e. The number of halogens is 2. The highest BCUT2D eigenvalue weighted by molar-refractivity contribution is 7.20. The molecule has 3 rings (SSSR count). The van der Waals surface area contributed by atoms with Gasteiger partial charge in [-0.1, -0.05) is 50.0 Å². The summed E-state index contributed by atoms with van der Waals surface area (Å²) in [6.07, 6.45) is 1.68. The van der Waals surface area contributed by atoms with Gasteiger partial charge in [-0.2, -0.15) is 9.78 Å². The second kappa shape index (κ2) is 6.78. The minimum Gasteiger partial charge on any atom is -0.306 e. The van der Waals surface area contributed by atoms with Gasteiger partial charge in [-0.05, 0) is 18.2 Å². The van der Waals surface area contributed by atoms with E-state index in [9.17, 15) is 4.79 Å². The largest absolute Gasteiger partial charge is 0.306 e. The predicted molar refractivity (Wildman–Crippen MR) is 102 cm³/mol. The molecule has 0 atom stereocenters. The van der Waals surface area contributed by atoms with E-state index < -0.39 is 0 Å². The zero-order valence-corrected chi connectivity index (χ0v) is 16.2. The molecule has 0 aliphatic carbocycles. The van der Waals surface area contributed by atoms with Crippen LogP contribution in [0.3, 0.4) is 0 Å². The Hall–Kier alpha value is -1.89. The molecule has 130 valence electrons. The molecule has 0 aliphatic rings. The van der Waals surface area contributed by atoms with Crippen LogP contribution in [0.2, 0.25) is 8.67 Å². The summed E-state index contributed by atoms with van der Waals surface area (Å²) >= 11 is 13.2. The lowest BCUT2D eigenvalue weighted by Gasteiger charge is -2.13. The molecule has 0 bridgehead atoms. The Bertz CT molecular complexity index is 913. The molecule has 1 N–H and O–H groups in total. The minimum absolute atomic E-state index is 0.178. The summed E-state index contributed by atoms with van der Waals surface area (Å²) in [7, 11) is 0. The number of hydrogen-bond acceptors (Lipinski definition) is 4. The molecular formula is C17H16Cl2N4OS. The number of carbonyl (C=O) groups is 1. The van der Waals surface area contributed by atoms with E-state index in [-0.39, 0.29) is 11.3 Å². The lowest BCUT2D eigenvalue weighted by atomic mass is 9.92. The van der Waals surface area contributed by atoms with Gasteiger partial charge >= 0.3 is 0 Å². The summed E-state index contributed by atoms with van der Waals surface area (Å²) in [5.41, 5.74) is 0.994. The molecule has 0 spiro atoms. The van der Waals surface area contributed by atoms with Gasteiger partial charge in [0.2, 0.25) is 0 Å². The molecule has 3 aromatic heterocycles. The normalized spacial score (nSPS) is 11.6. The second-order valence-electron chi connectivity index (χ2n) is 6.46. The van der Waals surface area contributed by atoms with Gasteiger partial charge in [-0.15, -0.1) is 11.3 Å². The standard InChI is InChI=1S/C17H16Cl2N4OS/c1-17(2,3)11-9-14(23(22-11)13-6-4-5-7-20-13)21-16(24)10-8-12(18)25-15(10)19/h4-9H,1-3H3,(H,21,24). The number of nitrogens with zero attached hydrogens (tertiary/aromatic N) is 3. The fourth-order valence-corrected chi connectivity index (χ4v) is 3.63.